The number of benzene rings is 4. The molecule has 2 heterocycles. The zero-order valence-electron chi connectivity index (χ0n) is 35.7. The summed E-state index contributed by atoms with van der Waals surface area (Å²) in [5, 5.41) is 15.6. The fraction of sp³-hybridized carbons (Fsp3) is 0.327. The lowest BCUT2D eigenvalue weighted by Crippen LogP contribution is -2.34. The number of thiophene rings is 2. The third-order valence-electron chi connectivity index (χ3n) is 12.8. The molecule has 2 aliphatic carbocycles. The van der Waals surface area contributed by atoms with Crippen LogP contribution in [0.1, 0.15) is 149 Å². The van der Waals surface area contributed by atoms with Crippen molar-refractivity contribution in [3.8, 4) is 21.6 Å². The number of fused-ring (bicyclic) bond motifs is 2. The van der Waals surface area contributed by atoms with E-state index in [1.165, 1.54) is 91.8 Å². The standard InChI is InChI=1S/C27H28O2S.C27H30S.CH4/c1-26(2)12-13-27(3,4)24-16-22(21-11-14-30-17-21)20(15-23(24)26)10-7-18-5-8-19(9-6-18)25(28)29;1-19-8-10-20(11-9-19)12-13-21-17-23-24(18-22(21)25-7-6-16-28-25)27(4,5)15-14-26(23,2)3;/h5-11,14-17H,12-13H2,1-4H3,(H,28,29);6-13,16-18H,14-15H2,1-5H3;1H4/b10-7+;13-12+;. The summed E-state index contributed by atoms with van der Waals surface area (Å²) in [4.78, 5) is 12.5. The number of carboxylic acid groups (broad SMARTS) is 1. The van der Waals surface area contributed by atoms with Crippen LogP contribution in [0.4, 0.5) is 0 Å². The minimum absolute atomic E-state index is 0. The Morgan fingerprint density at radius 3 is 1.47 bits per heavy atom. The molecule has 0 unspecified atom stereocenters. The van der Waals surface area contributed by atoms with E-state index >= 15 is 0 Å². The number of carbonyl (C=O) groups is 1. The van der Waals surface area contributed by atoms with Gasteiger partial charge in [0.1, 0.15) is 0 Å². The van der Waals surface area contributed by atoms with Gasteiger partial charge in [-0.3, -0.25) is 0 Å². The Kier molecular flexibility index (Phi) is 12.7. The molecule has 0 amide bonds. The van der Waals surface area contributed by atoms with E-state index in [-0.39, 0.29) is 29.1 Å². The molecule has 1 N–H and O–H groups in total. The van der Waals surface area contributed by atoms with Crippen LogP contribution in [0.3, 0.4) is 0 Å². The lowest BCUT2D eigenvalue weighted by atomic mass is 9.62. The normalized spacial score (nSPS) is 17.0. The molecular formula is C55H62O2S2. The minimum atomic E-state index is -0.898. The zero-order valence-corrected chi connectivity index (χ0v) is 37.3. The van der Waals surface area contributed by atoms with E-state index in [1.807, 2.05) is 23.5 Å². The van der Waals surface area contributed by atoms with Crippen molar-refractivity contribution >= 4 is 52.9 Å². The molecule has 0 bridgehead atoms. The van der Waals surface area contributed by atoms with E-state index in [9.17, 15) is 4.79 Å². The summed E-state index contributed by atoms with van der Waals surface area (Å²) in [6.45, 7) is 21.2. The molecule has 0 saturated carbocycles. The number of hydrogen-bond donors (Lipinski definition) is 1. The highest BCUT2D eigenvalue weighted by Gasteiger charge is 2.39. The molecule has 0 saturated heterocycles. The third kappa shape index (κ3) is 9.51. The number of carboxylic acids is 1. The van der Waals surface area contributed by atoms with Crippen LogP contribution in [0.5, 0.6) is 0 Å². The number of hydrogen-bond acceptors (Lipinski definition) is 3. The van der Waals surface area contributed by atoms with E-state index < -0.39 is 5.97 Å². The van der Waals surface area contributed by atoms with Crippen LogP contribution in [-0.2, 0) is 21.7 Å². The van der Waals surface area contributed by atoms with Gasteiger partial charge in [0, 0.05) is 4.88 Å². The van der Waals surface area contributed by atoms with Gasteiger partial charge in [-0.15, -0.1) is 11.3 Å². The monoisotopic (exact) mass is 818 g/mol. The maximum Gasteiger partial charge on any atom is 0.335 e. The smallest absolute Gasteiger partial charge is 0.335 e. The minimum Gasteiger partial charge on any atom is -0.478 e. The van der Waals surface area contributed by atoms with Gasteiger partial charge in [-0.05, 0) is 168 Å². The summed E-state index contributed by atoms with van der Waals surface area (Å²) in [5.41, 5.74) is 17.0. The Morgan fingerprint density at radius 2 is 1.03 bits per heavy atom. The first kappa shape index (κ1) is 43.8. The van der Waals surface area contributed by atoms with Crippen molar-refractivity contribution in [3.63, 3.8) is 0 Å². The highest BCUT2D eigenvalue weighted by molar-refractivity contribution is 7.13. The second-order valence-corrected chi connectivity index (χ2v) is 20.7. The van der Waals surface area contributed by atoms with E-state index in [4.69, 9.17) is 5.11 Å². The first-order valence-electron chi connectivity index (χ1n) is 20.6. The molecule has 2 nitrogen and oxygen atoms in total. The fourth-order valence-corrected chi connectivity index (χ4v) is 10.1. The molecule has 59 heavy (non-hydrogen) atoms. The van der Waals surface area contributed by atoms with E-state index in [0.29, 0.717) is 5.56 Å². The molecule has 0 spiro atoms. The van der Waals surface area contributed by atoms with Gasteiger partial charge < -0.3 is 5.11 Å². The van der Waals surface area contributed by atoms with Gasteiger partial charge in [-0.25, -0.2) is 4.79 Å². The van der Waals surface area contributed by atoms with Crippen molar-refractivity contribution in [2.45, 2.75) is 117 Å². The molecule has 0 atom stereocenters. The van der Waals surface area contributed by atoms with Gasteiger partial charge in [-0.2, -0.15) is 11.3 Å². The lowest BCUT2D eigenvalue weighted by Gasteiger charge is -2.42. The Balaban J connectivity index is 0.000000195. The number of aromatic carboxylic acids is 1. The van der Waals surface area contributed by atoms with Crippen molar-refractivity contribution < 1.29 is 9.90 Å². The van der Waals surface area contributed by atoms with E-state index in [2.05, 4.69) is 169 Å². The predicted molar refractivity (Wildman–Crippen MR) is 259 cm³/mol. The van der Waals surface area contributed by atoms with Crippen LogP contribution in [-0.4, -0.2) is 11.1 Å². The highest BCUT2D eigenvalue weighted by atomic mass is 32.1. The van der Waals surface area contributed by atoms with Crippen LogP contribution in [0, 0.1) is 6.92 Å². The summed E-state index contributed by atoms with van der Waals surface area (Å²) in [5.74, 6) is -0.898. The summed E-state index contributed by atoms with van der Waals surface area (Å²) in [7, 11) is 0. The summed E-state index contributed by atoms with van der Waals surface area (Å²) >= 11 is 3.55. The molecule has 6 aromatic rings. The second-order valence-electron chi connectivity index (χ2n) is 19.0. The molecular weight excluding hydrogens is 757 g/mol. The summed E-state index contributed by atoms with van der Waals surface area (Å²) < 4.78 is 0. The zero-order chi connectivity index (χ0) is 41.5. The van der Waals surface area contributed by atoms with Gasteiger partial charge >= 0.3 is 5.97 Å². The maximum atomic E-state index is 11.1. The second kappa shape index (κ2) is 17.1. The quantitative estimate of drug-likeness (QED) is 0.163. The molecule has 306 valence electrons. The van der Waals surface area contributed by atoms with Crippen LogP contribution >= 0.6 is 22.7 Å². The lowest BCUT2D eigenvalue weighted by molar-refractivity contribution is 0.0697. The van der Waals surface area contributed by atoms with Crippen molar-refractivity contribution in [3.05, 3.63) is 163 Å². The predicted octanol–water partition coefficient (Wildman–Crippen LogP) is 16.5. The summed E-state index contributed by atoms with van der Waals surface area (Å²) in [6.07, 6.45) is 13.7. The Labute approximate surface area is 362 Å². The van der Waals surface area contributed by atoms with Gasteiger partial charge in [0.15, 0.2) is 0 Å². The van der Waals surface area contributed by atoms with Gasteiger partial charge in [0.05, 0.1) is 5.56 Å². The number of aryl methyl sites for hydroxylation is 1. The van der Waals surface area contributed by atoms with Crippen LogP contribution in [0.25, 0.3) is 45.9 Å². The Bertz CT molecular complexity index is 2450. The molecule has 8 rings (SSSR count). The number of rotatable bonds is 7. The van der Waals surface area contributed by atoms with Crippen molar-refractivity contribution in [1.82, 2.24) is 0 Å². The fourth-order valence-electron chi connectivity index (χ4n) is 8.64. The first-order valence-corrected chi connectivity index (χ1v) is 22.5. The first-order chi connectivity index (χ1) is 27.4. The van der Waals surface area contributed by atoms with E-state index in [1.54, 1.807) is 23.5 Å². The summed E-state index contributed by atoms with van der Waals surface area (Å²) in [6, 6.07) is 32.1. The van der Waals surface area contributed by atoms with Gasteiger partial charge in [-0.1, -0.05) is 147 Å². The topological polar surface area (TPSA) is 37.3 Å². The molecule has 2 aliphatic rings. The van der Waals surface area contributed by atoms with Crippen LogP contribution in [0.15, 0.2) is 107 Å². The average molecular weight is 819 g/mol. The largest absolute Gasteiger partial charge is 0.478 e. The van der Waals surface area contributed by atoms with Crippen LogP contribution in [0.2, 0.25) is 0 Å². The molecule has 2 aromatic heterocycles. The van der Waals surface area contributed by atoms with Gasteiger partial charge in [0.25, 0.3) is 0 Å². The molecule has 4 aromatic carbocycles. The maximum absolute atomic E-state index is 11.1. The molecule has 4 heteroatoms. The van der Waals surface area contributed by atoms with Crippen LogP contribution < -0.4 is 0 Å². The van der Waals surface area contributed by atoms with Crippen molar-refractivity contribution in [2.24, 2.45) is 0 Å². The molecule has 0 aliphatic heterocycles. The Hall–Kier alpha value is -4.77. The van der Waals surface area contributed by atoms with Gasteiger partial charge in [0.2, 0.25) is 0 Å². The SMILES string of the molecule is C.CC1(C)CCC(C)(C)c2cc(-c3ccsc3)c(/C=C/c3ccc(C(=O)O)cc3)cc21.Cc1ccc(/C=C/c2cc3c(cc2-c2cccs2)C(C)(C)CCC3(C)C)cc1. The van der Waals surface area contributed by atoms with Crippen molar-refractivity contribution in [2.75, 3.05) is 0 Å². The van der Waals surface area contributed by atoms with E-state index in [0.717, 1.165) is 5.56 Å². The Morgan fingerprint density at radius 1 is 0.576 bits per heavy atom. The molecule has 0 fully saturated rings. The highest BCUT2D eigenvalue weighted by Crippen LogP contribution is 2.50. The third-order valence-corrected chi connectivity index (χ3v) is 14.4. The molecule has 0 radical (unpaired) electrons. The van der Waals surface area contributed by atoms with Crippen molar-refractivity contribution in [1.29, 1.82) is 0 Å². The average Bonchev–Trinajstić information content (AvgIpc) is 3.94.